The molecule has 0 aliphatic rings. The number of rotatable bonds is 3. The Morgan fingerprint density at radius 1 is 1.10 bits per heavy atom. The molecule has 0 aliphatic heterocycles. The van der Waals surface area contributed by atoms with Crippen LogP contribution in [0.25, 0.3) is 22.0 Å². The van der Waals surface area contributed by atoms with Gasteiger partial charge in [0.05, 0.1) is 6.10 Å². The first-order valence-electron chi connectivity index (χ1n) is 6.48. The first-order valence-corrected chi connectivity index (χ1v) is 6.89. The predicted molar refractivity (Wildman–Crippen MR) is 82.5 cm³/mol. The summed E-state index contributed by atoms with van der Waals surface area (Å²) in [6.07, 6.45) is 0.137. The van der Waals surface area contributed by atoms with Gasteiger partial charge in [-0.3, -0.25) is 5.10 Å². The van der Waals surface area contributed by atoms with Crippen molar-refractivity contribution in [1.29, 1.82) is 0 Å². The van der Waals surface area contributed by atoms with Gasteiger partial charge in [0.15, 0.2) is 0 Å². The molecule has 0 fully saturated rings. The Bertz CT molecular complexity index is 804. The van der Waals surface area contributed by atoms with Crippen LogP contribution in [0.3, 0.4) is 0 Å². The molecule has 5 heteroatoms. The second kappa shape index (κ2) is 5.09. The van der Waals surface area contributed by atoms with Gasteiger partial charge >= 0.3 is 0 Å². The van der Waals surface area contributed by atoms with Crippen LogP contribution in [-0.4, -0.2) is 21.5 Å². The van der Waals surface area contributed by atoms with Crippen molar-refractivity contribution in [2.75, 3.05) is 0 Å². The van der Waals surface area contributed by atoms with Gasteiger partial charge in [0.1, 0.15) is 16.1 Å². The van der Waals surface area contributed by atoms with E-state index in [0.717, 1.165) is 27.8 Å². The third-order valence-corrected chi connectivity index (χ3v) is 3.35. The fraction of sp³-hybridized carbons (Fsp3) is 0.200. The van der Waals surface area contributed by atoms with Gasteiger partial charge in [-0.2, -0.15) is 5.10 Å². The largest absolute Gasteiger partial charge is 0.490 e. The Kier molecular flexibility index (Phi) is 3.28. The van der Waals surface area contributed by atoms with Gasteiger partial charge in [0.25, 0.3) is 0 Å². The average Bonchev–Trinajstić information content (AvgIpc) is 2.84. The summed E-state index contributed by atoms with van der Waals surface area (Å²) in [5.74, 6) is 0.879. The van der Waals surface area contributed by atoms with E-state index >= 15 is 0 Å². The number of hydrogen-bond acceptors (Lipinski definition) is 3. The summed E-state index contributed by atoms with van der Waals surface area (Å²) >= 11 is 5.25. The zero-order valence-corrected chi connectivity index (χ0v) is 12.1. The van der Waals surface area contributed by atoms with Gasteiger partial charge < -0.3 is 4.74 Å². The van der Waals surface area contributed by atoms with Crippen molar-refractivity contribution < 1.29 is 4.74 Å². The van der Waals surface area contributed by atoms with Crippen molar-refractivity contribution in [1.82, 2.24) is 15.4 Å². The van der Waals surface area contributed by atoms with E-state index in [1.807, 2.05) is 38.1 Å². The molecule has 3 aromatic rings. The van der Waals surface area contributed by atoms with Gasteiger partial charge in [-0.1, -0.05) is 42.5 Å². The van der Waals surface area contributed by atoms with E-state index in [4.69, 9.17) is 17.0 Å². The van der Waals surface area contributed by atoms with Crippen molar-refractivity contribution in [2.45, 2.75) is 20.0 Å². The van der Waals surface area contributed by atoms with Crippen molar-refractivity contribution in [3.63, 3.8) is 0 Å². The Hall–Kier alpha value is -2.14. The van der Waals surface area contributed by atoms with Gasteiger partial charge in [-0.15, -0.1) is 0 Å². The molecule has 0 bridgehead atoms. The molecule has 3 rings (SSSR count). The smallest absolute Gasteiger partial charge is 0.147 e. The molecule has 0 atom stereocenters. The molecule has 0 radical (unpaired) electrons. The maximum atomic E-state index is 5.87. The fourth-order valence-corrected chi connectivity index (χ4v) is 2.47. The lowest BCUT2D eigenvalue weighted by atomic mass is 10.0. The fourth-order valence-electron chi connectivity index (χ4n) is 2.27. The quantitative estimate of drug-likeness (QED) is 0.713. The normalized spacial score (nSPS) is 11.2. The monoisotopic (exact) mass is 285 g/mol. The Labute approximate surface area is 121 Å². The van der Waals surface area contributed by atoms with Gasteiger partial charge in [-0.25, -0.2) is 5.21 Å². The molecular weight excluding hydrogens is 270 g/mol. The van der Waals surface area contributed by atoms with Crippen LogP contribution in [0.5, 0.6) is 5.75 Å². The van der Waals surface area contributed by atoms with E-state index in [1.165, 1.54) is 0 Å². The van der Waals surface area contributed by atoms with E-state index in [2.05, 4.69) is 27.5 Å². The zero-order valence-electron chi connectivity index (χ0n) is 11.3. The molecule has 4 nitrogen and oxygen atoms in total. The topological polar surface area (TPSA) is 53.7 Å². The average molecular weight is 285 g/mol. The number of nitrogens with zero attached hydrogens (tertiary/aromatic N) is 1. The van der Waals surface area contributed by atoms with Gasteiger partial charge in [0.2, 0.25) is 0 Å². The minimum Gasteiger partial charge on any atom is -0.490 e. The lowest BCUT2D eigenvalue weighted by Crippen LogP contribution is -2.05. The van der Waals surface area contributed by atoms with Crippen molar-refractivity contribution >= 4 is 23.0 Å². The molecule has 0 unspecified atom stereocenters. The lowest BCUT2D eigenvalue weighted by molar-refractivity contribution is 0.245. The first-order chi connectivity index (χ1) is 9.66. The number of aromatic amines is 2. The number of benzene rings is 2. The molecule has 1 heterocycles. The number of fused-ring (bicyclic) bond motifs is 1. The van der Waals surface area contributed by atoms with E-state index in [9.17, 15) is 0 Å². The number of H-pyrrole nitrogens is 2. The molecule has 0 aliphatic carbocycles. The molecule has 2 N–H and O–H groups in total. The van der Waals surface area contributed by atoms with Crippen LogP contribution in [0.15, 0.2) is 36.4 Å². The summed E-state index contributed by atoms with van der Waals surface area (Å²) in [5.41, 5.74) is 1.76. The van der Waals surface area contributed by atoms with Crippen LogP contribution in [0.1, 0.15) is 13.8 Å². The summed E-state index contributed by atoms with van der Waals surface area (Å²) < 4.78 is 6.47. The minimum atomic E-state index is 0.137. The number of aromatic nitrogens is 3. The Balaban J connectivity index is 2.26. The van der Waals surface area contributed by atoms with Gasteiger partial charge in [0, 0.05) is 10.9 Å². The van der Waals surface area contributed by atoms with E-state index in [1.54, 1.807) is 0 Å². The van der Waals surface area contributed by atoms with E-state index in [-0.39, 0.29) is 6.10 Å². The summed E-state index contributed by atoms with van der Waals surface area (Å²) in [4.78, 5) is 0. The molecule has 20 heavy (non-hydrogen) atoms. The maximum Gasteiger partial charge on any atom is 0.147 e. The van der Waals surface area contributed by atoms with Crippen molar-refractivity contribution in [2.24, 2.45) is 0 Å². The first kappa shape index (κ1) is 12.9. The van der Waals surface area contributed by atoms with Gasteiger partial charge in [-0.05, 0) is 25.3 Å². The highest BCUT2D eigenvalue weighted by Crippen LogP contribution is 2.33. The highest BCUT2D eigenvalue weighted by molar-refractivity contribution is 7.71. The molecule has 102 valence electrons. The third kappa shape index (κ3) is 2.20. The summed E-state index contributed by atoms with van der Waals surface area (Å²) in [7, 11) is 0. The number of ether oxygens (including phenoxy) is 1. The third-order valence-electron chi connectivity index (χ3n) is 3.05. The van der Waals surface area contributed by atoms with Crippen LogP contribution in [0.2, 0.25) is 0 Å². The Morgan fingerprint density at radius 3 is 2.55 bits per heavy atom. The van der Waals surface area contributed by atoms with Crippen molar-refractivity contribution in [3.05, 3.63) is 41.0 Å². The van der Waals surface area contributed by atoms with Crippen LogP contribution in [-0.2, 0) is 0 Å². The molecule has 2 aromatic carbocycles. The summed E-state index contributed by atoms with van der Waals surface area (Å²) in [5, 5.41) is 11.9. The second-order valence-electron chi connectivity index (χ2n) is 4.85. The number of hydrogen-bond donors (Lipinski definition) is 2. The zero-order chi connectivity index (χ0) is 14.1. The molecule has 0 saturated heterocycles. The second-order valence-corrected chi connectivity index (χ2v) is 5.26. The highest BCUT2D eigenvalue weighted by Gasteiger charge is 2.11. The minimum absolute atomic E-state index is 0.137. The summed E-state index contributed by atoms with van der Waals surface area (Å²) in [6, 6.07) is 12.1. The predicted octanol–water partition coefficient (Wildman–Crippen LogP) is 4.07. The molecule has 0 spiro atoms. The SMILES string of the molecule is CC(C)Oc1cccc2c(-c3n[nH][nH]c3=S)cccc12. The summed E-state index contributed by atoms with van der Waals surface area (Å²) in [6.45, 7) is 4.04. The highest BCUT2D eigenvalue weighted by atomic mass is 32.1. The van der Waals surface area contributed by atoms with Crippen LogP contribution >= 0.6 is 12.2 Å². The maximum absolute atomic E-state index is 5.87. The van der Waals surface area contributed by atoms with E-state index in [0.29, 0.717) is 4.64 Å². The Morgan fingerprint density at radius 2 is 1.85 bits per heavy atom. The number of nitrogens with one attached hydrogen (secondary N) is 2. The molecular formula is C15H15N3OS. The van der Waals surface area contributed by atoms with E-state index < -0.39 is 0 Å². The van der Waals surface area contributed by atoms with Crippen molar-refractivity contribution in [3.8, 4) is 17.0 Å². The molecule has 0 saturated carbocycles. The van der Waals surface area contributed by atoms with Crippen LogP contribution < -0.4 is 4.74 Å². The standard InChI is InChI=1S/C15H15N3OS/c1-9(2)19-13-8-4-5-10-11(13)6-3-7-12(10)14-15(20)17-18-16-14/h3-9H,1-2H3,(H2,16,17,18,20). The lowest BCUT2D eigenvalue weighted by Gasteiger charge is -2.13. The molecule has 0 amide bonds. The molecule has 1 aromatic heterocycles. The van der Waals surface area contributed by atoms with Crippen LogP contribution in [0.4, 0.5) is 0 Å². The van der Waals surface area contributed by atoms with Crippen LogP contribution in [0, 0.1) is 4.64 Å².